The van der Waals surface area contributed by atoms with Gasteiger partial charge in [0.2, 0.25) is 0 Å². The quantitative estimate of drug-likeness (QED) is 0.335. The van der Waals surface area contributed by atoms with Gasteiger partial charge in [-0.15, -0.1) is 11.3 Å². The zero-order chi connectivity index (χ0) is 26.5. The van der Waals surface area contributed by atoms with Gasteiger partial charge in [-0.25, -0.2) is 9.97 Å². The fourth-order valence-corrected chi connectivity index (χ4v) is 6.50. The number of amides is 1. The summed E-state index contributed by atoms with van der Waals surface area (Å²) >= 11 is 15.5. The number of nitrogens with one attached hydrogen (secondary N) is 1. The molecule has 3 aromatic rings. The van der Waals surface area contributed by atoms with E-state index in [1.54, 1.807) is 13.2 Å². The summed E-state index contributed by atoms with van der Waals surface area (Å²) in [6.45, 7) is 3.10. The molecule has 0 saturated carbocycles. The van der Waals surface area contributed by atoms with Crippen molar-refractivity contribution >= 4 is 68.7 Å². The van der Waals surface area contributed by atoms with Gasteiger partial charge in [-0.3, -0.25) is 19.8 Å². The number of aliphatic carboxylic acids is 1. The van der Waals surface area contributed by atoms with Crippen LogP contribution < -0.4 is 10.2 Å². The summed E-state index contributed by atoms with van der Waals surface area (Å²) in [4.78, 5) is 39.4. The molecule has 3 aromatic heterocycles. The second-order valence-electron chi connectivity index (χ2n) is 8.73. The predicted molar refractivity (Wildman–Crippen MR) is 148 cm³/mol. The molecule has 1 amide bonds. The van der Waals surface area contributed by atoms with Gasteiger partial charge in [0.15, 0.2) is 5.13 Å². The third kappa shape index (κ3) is 6.98. The number of thiazole rings is 1. The van der Waals surface area contributed by atoms with Crippen LogP contribution in [-0.4, -0.2) is 72.2 Å². The number of carbonyl (C=O) groups excluding carboxylic acids is 1. The maximum atomic E-state index is 13.0. The van der Waals surface area contributed by atoms with Crippen LogP contribution in [0, 0.1) is 5.92 Å². The van der Waals surface area contributed by atoms with Crippen LogP contribution in [0.1, 0.15) is 28.1 Å². The van der Waals surface area contributed by atoms with Gasteiger partial charge >= 0.3 is 5.97 Å². The number of nitrogens with zero attached hydrogens (tertiary/aromatic N) is 4. The molecule has 2 N–H and O–H groups in total. The summed E-state index contributed by atoms with van der Waals surface area (Å²) in [5, 5.41) is 15.4. The first kappa shape index (κ1) is 27.7. The highest BCUT2D eigenvalue weighted by atomic mass is 35.5. The highest BCUT2D eigenvalue weighted by Crippen LogP contribution is 2.37. The minimum atomic E-state index is -0.775. The molecule has 1 saturated heterocycles. The molecule has 0 aromatic carbocycles. The second kappa shape index (κ2) is 12.5. The van der Waals surface area contributed by atoms with E-state index in [1.807, 2.05) is 23.4 Å². The smallest absolute Gasteiger partial charge is 0.306 e. The molecule has 4 heterocycles. The number of aromatic nitrogens is 2. The summed E-state index contributed by atoms with van der Waals surface area (Å²) < 4.78 is 5.18. The highest BCUT2D eigenvalue weighted by Gasteiger charge is 2.26. The number of carboxylic acids is 1. The van der Waals surface area contributed by atoms with Crippen LogP contribution in [0.2, 0.25) is 10.0 Å². The normalized spacial score (nSPS) is 14.4. The van der Waals surface area contributed by atoms with E-state index in [0.717, 1.165) is 22.0 Å². The molecule has 0 spiro atoms. The lowest BCUT2D eigenvalue weighted by molar-refractivity contribution is -0.142. The Labute approximate surface area is 233 Å². The van der Waals surface area contributed by atoms with Gasteiger partial charge in [0.05, 0.1) is 38.7 Å². The number of anilines is 2. The Hall–Kier alpha value is -2.28. The molecule has 1 fully saturated rings. The van der Waals surface area contributed by atoms with Gasteiger partial charge in [0, 0.05) is 49.7 Å². The van der Waals surface area contributed by atoms with Crippen molar-refractivity contribution in [3.05, 3.63) is 44.2 Å². The monoisotopic (exact) mass is 583 g/mol. The summed E-state index contributed by atoms with van der Waals surface area (Å²) in [5.41, 5.74) is 1.10. The van der Waals surface area contributed by atoms with Gasteiger partial charge in [0.25, 0.3) is 5.91 Å². The standard InChI is InChI=1S/C24H27Cl2N5O4S2/c1-30(7-8-35-2)12-19-20(18-10-16(25)13-36-18)28-24(37-19)29-22(32)15-9-17(26)21(27-11-15)31-5-3-14(4-6-31)23(33)34/h9-11,13-14H,3-8,12H2,1-2H3,(H,33,34)(H,28,29,32). The number of halogens is 2. The lowest BCUT2D eigenvalue weighted by Crippen LogP contribution is -2.37. The number of likely N-dealkylation sites (N-methyl/N-ethyl adjacent to an activating group) is 1. The number of carboxylic acid groups (broad SMARTS) is 1. The number of methoxy groups -OCH3 is 1. The zero-order valence-corrected chi connectivity index (χ0v) is 23.5. The fourth-order valence-electron chi connectivity index (χ4n) is 4.01. The third-order valence-electron chi connectivity index (χ3n) is 6.04. The Morgan fingerprint density at radius 3 is 2.68 bits per heavy atom. The van der Waals surface area contributed by atoms with E-state index in [-0.39, 0.29) is 11.8 Å². The Bertz CT molecular complexity index is 1260. The predicted octanol–water partition coefficient (Wildman–Crippen LogP) is 5.20. The van der Waals surface area contributed by atoms with Crippen molar-refractivity contribution in [1.82, 2.24) is 14.9 Å². The molecule has 0 aliphatic carbocycles. The van der Waals surface area contributed by atoms with E-state index < -0.39 is 5.97 Å². The first-order valence-corrected chi connectivity index (χ1v) is 14.1. The average Bonchev–Trinajstić information content (AvgIpc) is 3.48. The van der Waals surface area contributed by atoms with Crippen molar-refractivity contribution in [3.8, 4) is 10.6 Å². The number of thiophene rings is 1. The molecule has 1 aliphatic heterocycles. The number of piperidine rings is 1. The number of pyridine rings is 1. The van der Waals surface area contributed by atoms with E-state index >= 15 is 0 Å². The number of rotatable bonds is 10. The van der Waals surface area contributed by atoms with Crippen LogP contribution in [0.3, 0.4) is 0 Å². The van der Waals surface area contributed by atoms with Crippen LogP contribution in [0.15, 0.2) is 23.7 Å². The van der Waals surface area contributed by atoms with Gasteiger partial charge < -0.3 is 14.7 Å². The van der Waals surface area contributed by atoms with E-state index in [2.05, 4.69) is 15.2 Å². The molecular formula is C24H27Cl2N5O4S2. The number of hydrogen-bond acceptors (Lipinski definition) is 9. The van der Waals surface area contributed by atoms with Crippen molar-refractivity contribution in [2.24, 2.45) is 5.92 Å². The molecule has 1 aliphatic rings. The van der Waals surface area contributed by atoms with Gasteiger partial charge in [-0.05, 0) is 32.0 Å². The third-order valence-corrected chi connectivity index (χ3v) is 8.56. The maximum Gasteiger partial charge on any atom is 0.306 e. The lowest BCUT2D eigenvalue weighted by atomic mass is 9.97. The Kier molecular flexibility index (Phi) is 9.38. The largest absolute Gasteiger partial charge is 0.481 e. The fraction of sp³-hybridized carbons (Fsp3) is 0.417. The summed E-state index contributed by atoms with van der Waals surface area (Å²) in [7, 11) is 3.67. The molecule has 4 rings (SSSR count). The molecule has 198 valence electrons. The topological polar surface area (TPSA) is 108 Å². The zero-order valence-electron chi connectivity index (χ0n) is 20.4. The van der Waals surface area contributed by atoms with E-state index in [4.69, 9.17) is 32.9 Å². The molecule has 13 heteroatoms. The minimum Gasteiger partial charge on any atom is -0.481 e. The Morgan fingerprint density at radius 1 is 1.30 bits per heavy atom. The van der Waals surface area contributed by atoms with Gasteiger partial charge in [-0.1, -0.05) is 34.5 Å². The molecule has 9 nitrogen and oxygen atoms in total. The van der Waals surface area contributed by atoms with Crippen molar-refractivity contribution in [2.45, 2.75) is 19.4 Å². The molecule has 0 radical (unpaired) electrons. The Morgan fingerprint density at radius 2 is 2.05 bits per heavy atom. The second-order valence-corrected chi connectivity index (χ2v) is 11.6. The van der Waals surface area contributed by atoms with E-state index in [9.17, 15) is 14.7 Å². The van der Waals surface area contributed by atoms with Crippen LogP contribution in [0.4, 0.5) is 10.9 Å². The number of ether oxygens (including phenoxy) is 1. The first-order valence-electron chi connectivity index (χ1n) is 11.6. The summed E-state index contributed by atoms with van der Waals surface area (Å²) in [5.74, 6) is -0.940. The van der Waals surface area contributed by atoms with Crippen LogP contribution in [-0.2, 0) is 16.1 Å². The average molecular weight is 585 g/mol. The summed E-state index contributed by atoms with van der Waals surface area (Å²) in [6, 6.07) is 3.45. The molecule has 0 bridgehead atoms. The molecule has 37 heavy (non-hydrogen) atoms. The van der Waals surface area contributed by atoms with Crippen LogP contribution in [0.5, 0.6) is 0 Å². The van der Waals surface area contributed by atoms with E-state index in [1.165, 1.54) is 28.9 Å². The number of carbonyl (C=O) groups is 2. The first-order chi connectivity index (χ1) is 17.7. The van der Waals surface area contributed by atoms with Crippen molar-refractivity contribution < 1.29 is 19.4 Å². The van der Waals surface area contributed by atoms with Gasteiger partial charge in [0.1, 0.15) is 5.82 Å². The molecule has 0 unspecified atom stereocenters. The SMILES string of the molecule is COCCN(C)Cc1sc(NC(=O)c2cnc(N3CCC(C(=O)O)CC3)c(Cl)c2)nc1-c1cc(Cl)cs1. The van der Waals surface area contributed by atoms with Gasteiger partial charge in [-0.2, -0.15) is 0 Å². The van der Waals surface area contributed by atoms with E-state index in [0.29, 0.717) is 65.6 Å². The summed E-state index contributed by atoms with van der Waals surface area (Å²) in [6.07, 6.45) is 2.54. The van der Waals surface area contributed by atoms with Crippen molar-refractivity contribution in [2.75, 3.05) is 50.6 Å². The van der Waals surface area contributed by atoms with Crippen LogP contribution >= 0.6 is 45.9 Å². The molecular weight excluding hydrogens is 557 g/mol. The maximum absolute atomic E-state index is 13.0. The molecule has 0 atom stereocenters. The van der Waals surface area contributed by atoms with Crippen molar-refractivity contribution in [3.63, 3.8) is 0 Å². The minimum absolute atomic E-state index is 0.309. The van der Waals surface area contributed by atoms with Crippen molar-refractivity contribution in [1.29, 1.82) is 0 Å². The number of hydrogen-bond donors (Lipinski definition) is 2. The lowest BCUT2D eigenvalue weighted by Gasteiger charge is -2.31. The van der Waals surface area contributed by atoms with Crippen LogP contribution in [0.25, 0.3) is 10.6 Å². The highest BCUT2D eigenvalue weighted by molar-refractivity contribution is 7.17. The Balaban J connectivity index is 1.48.